The van der Waals surface area contributed by atoms with Gasteiger partial charge in [0.25, 0.3) is 5.91 Å². The number of benzene rings is 1. The summed E-state index contributed by atoms with van der Waals surface area (Å²) >= 11 is 0. The number of hydrogen-bond donors (Lipinski definition) is 1. The van der Waals surface area contributed by atoms with Crippen LogP contribution in [0.2, 0.25) is 0 Å². The van der Waals surface area contributed by atoms with Crippen molar-refractivity contribution < 1.29 is 9.32 Å². The zero-order valence-electron chi connectivity index (χ0n) is 15.1. The van der Waals surface area contributed by atoms with Crippen LogP contribution in [0, 0.1) is 6.92 Å². The molecule has 0 radical (unpaired) electrons. The van der Waals surface area contributed by atoms with Gasteiger partial charge in [-0.25, -0.2) is 0 Å². The molecular formula is C19H21N5O2. The first-order valence-electron chi connectivity index (χ1n) is 8.82. The zero-order valence-corrected chi connectivity index (χ0v) is 15.1. The van der Waals surface area contributed by atoms with Crippen molar-refractivity contribution in [3.63, 3.8) is 0 Å². The summed E-state index contributed by atoms with van der Waals surface area (Å²) in [5.41, 5.74) is 4.72. The van der Waals surface area contributed by atoms with E-state index in [1.54, 1.807) is 10.7 Å². The quantitative estimate of drug-likeness (QED) is 0.781. The summed E-state index contributed by atoms with van der Waals surface area (Å²) in [6.45, 7) is 3.91. The third-order valence-electron chi connectivity index (χ3n) is 4.90. The van der Waals surface area contributed by atoms with E-state index in [9.17, 15) is 4.79 Å². The molecule has 0 fully saturated rings. The van der Waals surface area contributed by atoms with E-state index in [0.717, 1.165) is 36.1 Å². The van der Waals surface area contributed by atoms with Crippen molar-refractivity contribution in [1.82, 2.24) is 25.2 Å². The summed E-state index contributed by atoms with van der Waals surface area (Å²) in [5, 5.41) is 11.4. The number of aromatic nitrogens is 4. The van der Waals surface area contributed by atoms with Gasteiger partial charge in [-0.05, 0) is 43.0 Å². The lowest BCUT2D eigenvalue weighted by Crippen LogP contribution is -2.27. The average molecular weight is 351 g/mol. The average Bonchev–Trinajstić information content (AvgIpc) is 3.34. The number of amides is 1. The predicted octanol–water partition coefficient (Wildman–Crippen LogP) is 2.76. The zero-order chi connectivity index (χ0) is 18.3. The Morgan fingerprint density at radius 3 is 2.92 bits per heavy atom. The number of rotatable bonds is 4. The monoisotopic (exact) mass is 351 g/mol. The number of fused-ring (bicyclic) bond motifs is 1. The van der Waals surface area contributed by atoms with Gasteiger partial charge < -0.3 is 9.84 Å². The molecule has 4 rings (SSSR count). The molecule has 0 bridgehead atoms. The van der Waals surface area contributed by atoms with Crippen LogP contribution in [0.1, 0.15) is 52.6 Å². The molecular weight excluding hydrogens is 330 g/mol. The highest BCUT2D eigenvalue weighted by molar-refractivity contribution is 5.92. The SMILES string of the molecule is CCc1nc(-c2ccc3c(c2)CC[C@H]3NC(=O)c2cc(C)n(C)n2)no1. The van der Waals surface area contributed by atoms with E-state index in [2.05, 4.69) is 26.6 Å². The number of carbonyl (C=O) groups excluding carboxylic acids is 1. The molecule has 1 atom stereocenters. The first-order valence-corrected chi connectivity index (χ1v) is 8.82. The Morgan fingerprint density at radius 2 is 2.23 bits per heavy atom. The van der Waals surface area contributed by atoms with Gasteiger partial charge in [-0.2, -0.15) is 10.1 Å². The normalized spacial score (nSPS) is 15.9. The first kappa shape index (κ1) is 16.5. The molecule has 1 N–H and O–H groups in total. The molecule has 0 aliphatic heterocycles. The lowest BCUT2D eigenvalue weighted by atomic mass is 10.0. The fourth-order valence-corrected chi connectivity index (χ4v) is 3.33. The topological polar surface area (TPSA) is 85.8 Å². The molecule has 1 amide bonds. The van der Waals surface area contributed by atoms with Crippen molar-refractivity contribution >= 4 is 5.91 Å². The largest absolute Gasteiger partial charge is 0.344 e. The van der Waals surface area contributed by atoms with E-state index in [1.807, 2.05) is 33.0 Å². The minimum Gasteiger partial charge on any atom is -0.344 e. The van der Waals surface area contributed by atoms with Crippen molar-refractivity contribution in [3.05, 3.63) is 52.7 Å². The van der Waals surface area contributed by atoms with Gasteiger partial charge in [0.2, 0.25) is 11.7 Å². The second-order valence-electron chi connectivity index (χ2n) is 6.64. The summed E-state index contributed by atoms with van der Waals surface area (Å²) in [5.74, 6) is 1.11. The third-order valence-corrected chi connectivity index (χ3v) is 4.90. The highest BCUT2D eigenvalue weighted by Gasteiger charge is 2.26. The lowest BCUT2D eigenvalue weighted by molar-refractivity contribution is 0.0931. The van der Waals surface area contributed by atoms with E-state index in [4.69, 9.17) is 4.52 Å². The number of carbonyl (C=O) groups is 1. The standard InChI is InChI=1S/C19H21N5O2/c1-4-17-21-18(23-26-17)13-5-7-14-12(10-13)6-8-15(14)20-19(25)16-9-11(2)24(3)22-16/h5,7,9-10,15H,4,6,8H2,1-3H3,(H,20,25)/t15-/m1/s1. The fraction of sp³-hybridized carbons (Fsp3) is 0.368. The van der Waals surface area contributed by atoms with Crippen LogP contribution in [0.25, 0.3) is 11.4 Å². The van der Waals surface area contributed by atoms with Gasteiger partial charge >= 0.3 is 0 Å². The molecule has 7 heteroatoms. The van der Waals surface area contributed by atoms with Crippen molar-refractivity contribution in [3.8, 4) is 11.4 Å². The maximum absolute atomic E-state index is 12.5. The van der Waals surface area contributed by atoms with E-state index >= 15 is 0 Å². The van der Waals surface area contributed by atoms with Crippen molar-refractivity contribution in [2.45, 2.75) is 39.2 Å². The lowest BCUT2D eigenvalue weighted by Gasteiger charge is -2.13. The molecule has 134 valence electrons. The molecule has 3 aromatic rings. The molecule has 0 unspecified atom stereocenters. The molecule has 0 saturated heterocycles. The van der Waals surface area contributed by atoms with Crippen LogP contribution < -0.4 is 5.32 Å². The van der Waals surface area contributed by atoms with Gasteiger partial charge in [0.15, 0.2) is 0 Å². The van der Waals surface area contributed by atoms with Crippen LogP contribution in [0.3, 0.4) is 0 Å². The van der Waals surface area contributed by atoms with Crippen LogP contribution >= 0.6 is 0 Å². The van der Waals surface area contributed by atoms with Gasteiger partial charge in [0.05, 0.1) is 6.04 Å². The van der Waals surface area contributed by atoms with E-state index in [-0.39, 0.29) is 11.9 Å². The van der Waals surface area contributed by atoms with E-state index < -0.39 is 0 Å². The van der Waals surface area contributed by atoms with Crippen LogP contribution in [0.15, 0.2) is 28.8 Å². The number of nitrogens with zero attached hydrogens (tertiary/aromatic N) is 4. The highest BCUT2D eigenvalue weighted by atomic mass is 16.5. The number of nitrogens with one attached hydrogen (secondary N) is 1. The molecule has 2 heterocycles. The van der Waals surface area contributed by atoms with Gasteiger partial charge in [0, 0.05) is 24.7 Å². The highest BCUT2D eigenvalue weighted by Crippen LogP contribution is 2.33. The Labute approximate surface area is 151 Å². The second-order valence-corrected chi connectivity index (χ2v) is 6.64. The molecule has 1 aliphatic rings. The Kier molecular flexibility index (Phi) is 4.06. The van der Waals surface area contributed by atoms with Crippen molar-refractivity contribution in [1.29, 1.82) is 0 Å². The van der Waals surface area contributed by atoms with Gasteiger partial charge in [-0.3, -0.25) is 9.48 Å². The Morgan fingerprint density at radius 1 is 1.38 bits per heavy atom. The number of hydrogen-bond acceptors (Lipinski definition) is 5. The van der Waals surface area contributed by atoms with Crippen molar-refractivity contribution in [2.24, 2.45) is 7.05 Å². The second kappa shape index (κ2) is 6.40. The van der Waals surface area contributed by atoms with Crippen LogP contribution in [0.5, 0.6) is 0 Å². The molecule has 0 saturated carbocycles. The molecule has 1 aliphatic carbocycles. The minimum absolute atomic E-state index is 0.00494. The summed E-state index contributed by atoms with van der Waals surface area (Å²) in [6, 6.07) is 7.93. The van der Waals surface area contributed by atoms with Crippen LogP contribution in [-0.2, 0) is 19.9 Å². The van der Waals surface area contributed by atoms with Gasteiger partial charge in [-0.1, -0.05) is 24.2 Å². The molecule has 0 spiro atoms. The van der Waals surface area contributed by atoms with E-state index in [1.165, 1.54) is 5.56 Å². The predicted molar refractivity (Wildman–Crippen MR) is 95.6 cm³/mol. The Balaban J connectivity index is 1.53. The fourth-order valence-electron chi connectivity index (χ4n) is 3.33. The van der Waals surface area contributed by atoms with Gasteiger partial charge in [0.1, 0.15) is 5.69 Å². The Hall–Kier alpha value is -2.96. The summed E-state index contributed by atoms with van der Waals surface area (Å²) in [6.07, 6.45) is 2.51. The van der Waals surface area contributed by atoms with Crippen LogP contribution in [0.4, 0.5) is 0 Å². The maximum Gasteiger partial charge on any atom is 0.272 e. The van der Waals surface area contributed by atoms with Crippen LogP contribution in [-0.4, -0.2) is 25.8 Å². The number of aryl methyl sites for hydroxylation is 4. The molecule has 2 aromatic heterocycles. The minimum atomic E-state index is -0.138. The molecule has 26 heavy (non-hydrogen) atoms. The van der Waals surface area contributed by atoms with Crippen molar-refractivity contribution in [2.75, 3.05) is 0 Å². The third kappa shape index (κ3) is 2.89. The summed E-state index contributed by atoms with van der Waals surface area (Å²) in [4.78, 5) is 16.9. The summed E-state index contributed by atoms with van der Waals surface area (Å²) < 4.78 is 6.90. The summed E-state index contributed by atoms with van der Waals surface area (Å²) in [7, 11) is 1.83. The first-order chi connectivity index (χ1) is 12.5. The smallest absolute Gasteiger partial charge is 0.272 e. The maximum atomic E-state index is 12.5. The van der Waals surface area contributed by atoms with E-state index in [0.29, 0.717) is 17.4 Å². The molecule has 1 aromatic carbocycles. The van der Waals surface area contributed by atoms with Gasteiger partial charge in [-0.15, -0.1) is 0 Å². The molecule has 7 nitrogen and oxygen atoms in total. The Bertz CT molecular complexity index is 953.